The first-order chi connectivity index (χ1) is 14.2. The smallest absolute Gasteiger partial charge is 0.251 e. The van der Waals surface area contributed by atoms with Gasteiger partial charge in [0.25, 0.3) is 5.91 Å². The van der Waals surface area contributed by atoms with E-state index in [0.29, 0.717) is 24.9 Å². The number of aryl methyl sites for hydroxylation is 1. The summed E-state index contributed by atoms with van der Waals surface area (Å²) in [5, 5.41) is 5.91. The van der Waals surface area contributed by atoms with Crippen molar-refractivity contribution in [1.82, 2.24) is 5.32 Å². The normalized spacial score (nSPS) is 12.9. The zero-order valence-corrected chi connectivity index (χ0v) is 16.2. The lowest BCUT2D eigenvalue weighted by molar-refractivity contribution is -0.116. The molecule has 1 aliphatic heterocycles. The van der Waals surface area contributed by atoms with Crippen LogP contribution in [0.2, 0.25) is 0 Å². The van der Waals surface area contributed by atoms with Crippen molar-refractivity contribution in [3.63, 3.8) is 0 Å². The molecule has 3 aromatic rings. The summed E-state index contributed by atoms with van der Waals surface area (Å²) >= 11 is 0. The van der Waals surface area contributed by atoms with Gasteiger partial charge in [0, 0.05) is 30.1 Å². The minimum Gasteiger partial charge on any atom is -0.352 e. The van der Waals surface area contributed by atoms with E-state index in [1.165, 1.54) is 11.1 Å². The molecule has 0 saturated carbocycles. The number of hydrogen-bond acceptors (Lipinski definition) is 2. The van der Waals surface area contributed by atoms with Crippen LogP contribution in [0.1, 0.15) is 45.8 Å². The number of anilines is 1. The Hall–Kier alpha value is -3.40. The monoisotopic (exact) mass is 384 g/mol. The Labute approximate surface area is 171 Å². The highest BCUT2D eigenvalue weighted by atomic mass is 16.2. The van der Waals surface area contributed by atoms with Gasteiger partial charge in [0.2, 0.25) is 5.91 Å². The molecular weight excluding hydrogens is 360 g/mol. The van der Waals surface area contributed by atoms with Gasteiger partial charge in [-0.05, 0) is 47.7 Å². The topological polar surface area (TPSA) is 58.2 Å². The number of fused-ring (bicyclic) bond motifs is 1. The third-order valence-electron chi connectivity index (χ3n) is 5.39. The van der Waals surface area contributed by atoms with Crippen molar-refractivity contribution in [2.45, 2.75) is 25.2 Å². The number of rotatable bonds is 6. The molecule has 0 bridgehead atoms. The summed E-state index contributed by atoms with van der Waals surface area (Å²) in [6.45, 7) is 0.584. The molecule has 1 aliphatic rings. The summed E-state index contributed by atoms with van der Waals surface area (Å²) in [7, 11) is 0. The summed E-state index contributed by atoms with van der Waals surface area (Å²) in [5.74, 6) is 0.184. The number of carbonyl (C=O) groups excluding carboxylic acids is 2. The number of hydrogen-bond donors (Lipinski definition) is 2. The van der Waals surface area contributed by atoms with E-state index in [1.54, 1.807) is 6.07 Å². The van der Waals surface area contributed by atoms with Gasteiger partial charge in [0.05, 0.1) is 0 Å². The molecule has 0 unspecified atom stereocenters. The van der Waals surface area contributed by atoms with Crippen LogP contribution in [0.25, 0.3) is 0 Å². The van der Waals surface area contributed by atoms with Gasteiger partial charge in [-0.1, -0.05) is 60.7 Å². The summed E-state index contributed by atoms with van der Waals surface area (Å²) in [5.41, 5.74) is 4.96. The predicted octanol–water partition coefficient (Wildman–Crippen LogP) is 4.52. The maximum atomic E-state index is 12.7. The zero-order chi connectivity index (χ0) is 20.1. The summed E-state index contributed by atoms with van der Waals surface area (Å²) < 4.78 is 0. The molecule has 0 spiro atoms. The van der Waals surface area contributed by atoms with Gasteiger partial charge >= 0.3 is 0 Å². The largest absolute Gasteiger partial charge is 0.352 e. The van der Waals surface area contributed by atoms with Gasteiger partial charge in [0.1, 0.15) is 0 Å². The first-order valence-corrected chi connectivity index (χ1v) is 10.0. The number of amides is 2. The maximum Gasteiger partial charge on any atom is 0.251 e. The Morgan fingerprint density at radius 3 is 2.21 bits per heavy atom. The molecule has 3 aromatic carbocycles. The van der Waals surface area contributed by atoms with Gasteiger partial charge in [0.15, 0.2) is 0 Å². The van der Waals surface area contributed by atoms with Crippen molar-refractivity contribution >= 4 is 17.5 Å². The predicted molar refractivity (Wildman–Crippen MR) is 115 cm³/mol. The average Bonchev–Trinajstić information content (AvgIpc) is 2.77. The lowest BCUT2D eigenvalue weighted by Crippen LogP contribution is -2.26. The quantitative estimate of drug-likeness (QED) is 0.656. The van der Waals surface area contributed by atoms with Crippen LogP contribution in [-0.4, -0.2) is 18.4 Å². The Morgan fingerprint density at radius 2 is 1.55 bits per heavy atom. The maximum absolute atomic E-state index is 12.7. The van der Waals surface area contributed by atoms with Crippen molar-refractivity contribution in [2.24, 2.45) is 0 Å². The Morgan fingerprint density at radius 1 is 0.897 bits per heavy atom. The van der Waals surface area contributed by atoms with Crippen LogP contribution < -0.4 is 10.6 Å². The SMILES string of the molecule is O=C1CCc2cc(C(=O)NCCC(c3ccccc3)c3ccccc3)ccc2N1. The molecule has 4 rings (SSSR count). The third-order valence-corrected chi connectivity index (χ3v) is 5.39. The highest BCUT2D eigenvalue weighted by Crippen LogP contribution is 2.27. The van der Waals surface area contributed by atoms with Crippen molar-refractivity contribution in [2.75, 3.05) is 11.9 Å². The molecule has 0 aromatic heterocycles. The van der Waals surface area contributed by atoms with E-state index in [9.17, 15) is 9.59 Å². The fourth-order valence-corrected chi connectivity index (χ4v) is 3.85. The van der Waals surface area contributed by atoms with Crippen molar-refractivity contribution in [3.8, 4) is 0 Å². The molecule has 2 N–H and O–H groups in total. The number of nitrogens with one attached hydrogen (secondary N) is 2. The molecule has 146 valence electrons. The molecule has 4 heteroatoms. The molecular formula is C25H24N2O2. The second-order valence-corrected chi connectivity index (χ2v) is 7.34. The van der Waals surface area contributed by atoms with Crippen LogP contribution in [0.15, 0.2) is 78.9 Å². The van der Waals surface area contributed by atoms with E-state index in [0.717, 1.165) is 17.7 Å². The molecule has 0 aliphatic carbocycles. The Kier molecular flexibility index (Phi) is 5.71. The summed E-state index contributed by atoms with van der Waals surface area (Å²) in [6, 6.07) is 26.3. The first kappa shape index (κ1) is 18.9. The van der Waals surface area contributed by atoms with E-state index in [-0.39, 0.29) is 17.7 Å². The molecule has 0 saturated heterocycles. The van der Waals surface area contributed by atoms with Crippen molar-refractivity contribution in [1.29, 1.82) is 0 Å². The van der Waals surface area contributed by atoms with Crippen LogP contribution >= 0.6 is 0 Å². The molecule has 29 heavy (non-hydrogen) atoms. The van der Waals surface area contributed by atoms with Crippen LogP contribution in [0, 0.1) is 0 Å². The van der Waals surface area contributed by atoms with Gasteiger partial charge < -0.3 is 10.6 Å². The minimum absolute atomic E-state index is 0.0302. The zero-order valence-electron chi connectivity index (χ0n) is 16.2. The van der Waals surface area contributed by atoms with Gasteiger partial charge in [-0.15, -0.1) is 0 Å². The average molecular weight is 384 g/mol. The summed E-state index contributed by atoms with van der Waals surface area (Å²) in [4.78, 5) is 24.1. The van der Waals surface area contributed by atoms with Gasteiger partial charge in [-0.3, -0.25) is 9.59 Å². The van der Waals surface area contributed by atoms with E-state index in [2.05, 4.69) is 59.2 Å². The fourth-order valence-electron chi connectivity index (χ4n) is 3.85. The Bertz CT molecular complexity index is 960. The lowest BCUT2D eigenvalue weighted by Gasteiger charge is -2.19. The Balaban J connectivity index is 1.42. The second kappa shape index (κ2) is 8.74. The highest BCUT2D eigenvalue weighted by Gasteiger charge is 2.18. The molecule has 0 fully saturated rings. The number of benzene rings is 3. The standard InChI is InChI=1S/C25H24N2O2/c28-24-14-12-20-17-21(11-13-23(20)27-24)25(29)26-16-15-22(18-7-3-1-4-8-18)19-9-5-2-6-10-19/h1-11,13,17,22H,12,14-16H2,(H,26,29)(H,27,28). The molecule has 2 amide bonds. The molecule has 1 heterocycles. The van der Waals surface area contributed by atoms with Crippen LogP contribution in [-0.2, 0) is 11.2 Å². The van der Waals surface area contributed by atoms with E-state index >= 15 is 0 Å². The first-order valence-electron chi connectivity index (χ1n) is 10.0. The number of carbonyl (C=O) groups is 2. The molecule has 4 nitrogen and oxygen atoms in total. The fraction of sp³-hybridized carbons (Fsp3) is 0.200. The van der Waals surface area contributed by atoms with Gasteiger partial charge in [-0.2, -0.15) is 0 Å². The van der Waals surface area contributed by atoms with E-state index < -0.39 is 0 Å². The molecule has 0 atom stereocenters. The van der Waals surface area contributed by atoms with Crippen LogP contribution in [0.5, 0.6) is 0 Å². The van der Waals surface area contributed by atoms with Crippen molar-refractivity contribution in [3.05, 3.63) is 101 Å². The third kappa shape index (κ3) is 4.54. The van der Waals surface area contributed by atoms with Crippen LogP contribution in [0.3, 0.4) is 0 Å². The second-order valence-electron chi connectivity index (χ2n) is 7.34. The van der Waals surface area contributed by atoms with E-state index in [4.69, 9.17) is 0 Å². The van der Waals surface area contributed by atoms with E-state index in [1.807, 2.05) is 24.3 Å². The molecule has 0 radical (unpaired) electrons. The minimum atomic E-state index is -0.0791. The van der Waals surface area contributed by atoms with Crippen molar-refractivity contribution < 1.29 is 9.59 Å². The van der Waals surface area contributed by atoms with Crippen LogP contribution in [0.4, 0.5) is 5.69 Å². The lowest BCUT2D eigenvalue weighted by atomic mass is 9.88. The summed E-state index contributed by atoms with van der Waals surface area (Å²) in [6.07, 6.45) is 1.96. The van der Waals surface area contributed by atoms with Gasteiger partial charge in [-0.25, -0.2) is 0 Å². The highest BCUT2D eigenvalue weighted by molar-refractivity contribution is 5.97.